The third-order valence-electron chi connectivity index (χ3n) is 5.54. The molecule has 4 rings (SSSR count). The van der Waals surface area contributed by atoms with Crippen LogP contribution in [0.5, 0.6) is 5.75 Å². The zero-order valence-corrected chi connectivity index (χ0v) is 17.7. The zero-order chi connectivity index (χ0) is 20.6. The van der Waals surface area contributed by atoms with Crippen LogP contribution in [0.1, 0.15) is 32.1 Å². The van der Waals surface area contributed by atoms with Crippen LogP contribution in [0.25, 0.3) is 0 Å². The third kappa shape index (κ3) is 3.81. The molecular formula is C21H23ClN2O4S. The van der Waals surface area contributed by atoms with Gasteiger partial charge in [0.05, 0.1) is 18.0 Å². The van der Waals surface area contributed by atoms with Gasteiger partial charge in [-0.15, -0.1) is 0 Å². The van der Waals surface area contributed by atoms with E-state index in [4.69, 9.17) is 16.3 Å². The molecule has 0 atom stereocenters. The van der Waals surface area contributed by atoms with Gasteiger partial charge in [-0.25, -0.2) is 13.2 Å². The van der Waals surface area contributed by atoms with E-state index in [-0.39, 0.29) is 10.6 Å². The first-order chi connectivity index (χ1) is 13.9. The van der Waals surface area contributed by atoms with Crippen LogP contribution in [0.3, 0.4) is 0 Å². The molecule has 2 aromatic carbocycles. The lowest BCUT2D eigenvalue weighted by atomic mass is 9.90. The number of carbonyl (C=O) groups excluding carboxylic acids is 1. The molecule has 2 amide bonds. The first-order valence-electron chi connectivity index (χ1n) is 9.73. The Morgan fingerprint density at radius 3 is 2.45 bits per heavy atom. The number of nitrogens with zero attached hydrogens (tertiary/aromatic N) is 2. The summed E-state index contributed by atoms with van der Waals surface area (Å²) in [7, 11) is -2.48. The van der Waals surface area contributed by atoms with Crippen molar-refractivity contribution in [2.24, 2.45) is 5.92 Å². The molecule has 0 radical (unpaired) electrons. The van der Waals surface area contributed by atoms with Crippen LogP contribution < -0.4 is 13.9 Å². The molecule has 1 heterocycles. The minimum absolute atomic E-state index is 0.0690. The Morgan fingerprint density at radius 1 is 1.07 bits per heavy atom. The van der Waals surface area contributed by atoms with Gasteiger partial charge in [0, 0.05) is 18.1 Å². The first-order valence-corrected chi connectivity index (χ1v) is 11.5. The van der Waals surface area contributed by atoms with E-state index in [2.05, 4.69) is 0 Å². The van der Waals surface area contributed by atoms with E-state index in [1.54, 1.807) is 31.3 Å². The number of carbonyl (C=O) groups is 1. The zero-order valence-electron chi connectivity index (χ0n) is 16.2. The third-order valence-corrected chi connectivity index (χ3v) is 7.54. The van der Waals surface area contributed by atoms with Crippen LogP contribution >= 0.6 is 11.6 Å². The molecule has 1 fully saturated rings. The van der Waals surface area contributed by atoms with E-state index in [1.165, 1.54) is 42.4 Å². The molecule has 154 valence electrons. The van der Waals surface area contributed by atoms with Crippen molar-refractivity contribution < 1.29 is 17.9 Å². The van der Waals surface area contributed by atoms with Gasteiger partial charge < -0.3 is 4.74 Å². The number of hydrogen-bond acceptors (Lipinski definition) is 4. The number of ether oxygens (including phenoxy) is 1. The summed E-state index contributed by atoms with van der Waals surface area (Å²) in [6, 6.07) is 10.3. The maximum Gasteiger partial charge on any atom is 0.342 e. The lowest BCUT2D eigenvalue weighted by Gasteiger charge is -2.34. The number of hydrogen-bond donors (Lipinski definition) is 0. The summed E-state index contributed by atoms with van der Waals surface area (Å²) in [4.78, 5) is 14.3. The number of urea groups is 1. The molecule has 29 heavy (non-hydrogen) atoms. The van der Waals surface area contributed by atoms with E-state index >= 15 is 0 Å². The Kier molecular flexibility index (Phi) is 5.44. The van der Waals surface area contributed by atoms with Crippen LogP contribution in [0.4, 0.5) is 16.2 Å². The summed E-state index contributed by atoms with van der Waals surface area (Å²) in [5, 5.41) is 0.462. The molecular weight excluding hydrogens is 412 g/mol. The molecule has 0 bridgehead atoms. The standard InChI is InChI=1S/C21H23ClN2O4S/c1-23-19-13-18(28-14-15-5-3-2-4-6-15)11-12-20(19)29(26,27)24(21(23)25)17-9-7-16(22)8-10-17/h7-13,15H,2-6,14H2,1H3. The lowest BCUT2D eigenvalue weighted by molar-refractivity contribution is 0.209. The van der Waals surface area contributed by atoms with Crippen molar-refractivity contribution in [3.63, 3.8) is 0 Å². The SMILES string of the molecule is CN1C(=O)N(c2ccc(Cl)cc2)S(=O)(=O)c2ccc(OCC3CCCCC3)cc21. The predicted molar refractivity (Wildman–Crippen MR) is 113 cm³/mol. The van der Waals surface area contributed by atoms with E-state index in [0.717, 1.165) is 17.1 Å². The molecule has 2 aromatic rings. The number of anilines is 2. The molecule has 1 saturated carbocycles. The topological polar surface area (TPSA) is 66.9 Å². The van der Waals surface area contributed by atoms with E-state index in [1.807, 2.05) is 0 Å². The average Bonchev–Trinajstić information content (AvgIpc) is 2.72. The van der Waals surface area contributed by atoms with Gasteiger partial charge in [-0.2, -0.15) is 4.31 Å². The predicted octanol–water partition coefficient (Wildman–Crippen LogP) is 5.06. The Morgan fingerprint density at radius 2 is 1.76 bits per heavy atom. The quantitative estimate of drug-likeness (QED) is 0.674. The highest BCUT2D eigenvalue weighted by molar-refractivity contribution is 7.94. The fraction of sp³-hybridized carbons (Fsp3) is 0.381. The van der Waals surface area contributed by atoms with Crippen LogP contribution in [-0.4, -0.2) is 28.1 Å². The van der Waals surface area contributed by atoms with Crippen molar-refractivity contribution in [3.05, 3.63) is 47.5 Å². The smallest absolute Gasteiger partial charge is 0.342 e. The number of sulfonamides is 1. The molecule has 1 aliphatic carbocycles. The molecule has 0 unspecified atom stereocenters. The van der Waals surface area contributed by atoms with Crippen molar-refractivity contribution in [1.29, 1.82) is 0 Å². The van der Waals surface area contributed by atoms with Crippen LogP contribution in [-0.2, 0) is 10.0 Å². The van der Waals surface area contributed by atoms with Crippen molar-refractivity contribution in [2.75, 3.05) is 22.9 Å². The molecule has 0 saturated heterocycles. The van der Waals surface area contributed by atoms with Crippen molar-refractivity contribution in [1.82, 2.24) is 0 Å². The Hall–Kier alpha value is -2.25. The highest BCUT2D eigenvalue weighted by Gasteiger charge is 2.41. The van der Waals surface area contributed by atoms with Crippen molar-refractivity contribution in [2.45, 2.75) is 37.0 Å². The minimum atomic E-state index is -4.04. The van der Waals surface area contributed by atoms with Gasteiger partial charge in [-0.1, -0.05) is 30.9 Å². The van der Waals surface area contributed by atoms with Crippen LogP contribution in [0, 0.1) is 5.92 Å². The van der Waals surface area contributed by atoms with Gasteiger partial charge in [0.1, 0.15) is 10.6 Å². The monoisotopic (exact) mass is 434 g/mol. The Bertz CT molecular complexity index is 1020. The average molecular weight is 435 g/mol. The minimum Gasteiger partial charge on any atom is -0.493 e. The second-order valence-electron chi connectivity index (χ2n) is 7.53. The van der Waals surface area contributed by atoms with Crippen LogP contribution in [0.2, 0.25) is 5.02 Å². The fourth-order valence-corrected chi connectivity index (χ4v) is 5.65. The van der Waals surface area contributed by atoms with Gasteiger partial charge >= 0.3 is 6.03 Å². The molecule has 1 aliphatic heterocycles. The number of fused-ring (bicyclic) bond motifs is 1. The summed E-state index contributed by atoms with van der Waals surface area (Å²) in [5.74, 6) is 1.10. The van der Waals surface area contributed by atoms with E-state index in [9.17, 15) is 13.2 Å². The van der Waals surface area contributed by atoms with Gasteiger partial charge in [0.25, 0.3) is 10.0 Å². The lowest BCUT2D eigenvalue weighted by Crippen LogP contribution is -2.49. The van der Waals surface area contributed by atoms with Crippen LogP contribution in [0.15, 0.2) is 47.4 Å². The number of benzene rings is 2. The summed E-state index contributed by atoms with van der Waals surface area (Å²) in [5.41, 5.74) is 0.566. The molecule has 0 spiro atoms. The molecule has 2 aliphatic rings. The maximum atomic E-state index is 13.2. The highest BCUT2D eigenvalue weighted by atomic mass is 35.5. The molecule has 8 heteroatoms. The normalized spacial score (nSPS) is 19.2. The van der Waals surface area contributed by atoms with Gasteiger partial charge in [0.2, 0.25) is 0 Å². The van der Waals surface area contributed by atoms with Crippen molar-refractivity contribution >= 4 is 39.0 Å². The second kappa shape index (κ2) is 7.88. The Balaban J connectivity index is 1.63. The fourth-order valence-electron chi connectivity index (χ4n) is 3.90. The van der Waals surface area contributed by atoms with E-state index < -0.39 is 16.1 Å². The first kappa shape index (κ1) is 20.0. The number of halogens is 1. The van der Waals surface area contributed by atoms with Crippen molar-refractivity contribution in [3.8, 4) is 5.75 Å². The van der Waals surface area contributed by atoms with Gasteiger partial charge in [-0.3, -0.25) is 4.90 Å². The summed E-state index contributed by atoms with van der Waals surface area (Å²) >= 11 is 5.89. The number of rotatable bonds is 4. The van der Waals surface area contributed by atoms with E-state index in [0.29, 0.717) is 29.0 Å². The maximum absolute atomic E-state index is 13.2. The summed E-state index contributed by atoms with van der Waals surface area (Å²) < 4.78 is 33.1. The summed E-state index contributed by atoms with van der Waals surface area (Å²) in [6.45, 7) is 0.611. The molecule has 0 N–H and O–H groups in total. The highest BCUT2D eigenvalue weighted by Crippen LogP contribution is 2.39. The summed E-state index contributed by atoms with van der Waals surface area (Å²) in [6.07, 6.45) is 6.06. The Labute approximate surface area is 176 Å². The second-order valence-corrected chi connectivity index (χ2v) is 9.72. The van der Waals surface area contributed by atoms with Gasteiger partial charge in [0.15, 0.2) is 0 Å². The largest absolute Gasteiger partial charge is 0.493 e. The number of amides is 2. The van der Waals surface area contributed by atoms with Gasteiger partial charge in [-0.05, 0) is 55.2 Å². The molecule has 0 aromatic heterocycles. The molecule has 6 nitrogen and oxygen atoms in total.